The second kappa shape index (κ2) is 4.54. The van der Waals surface area contributed by atoms with Crippen LogP contribution in [-0.2, 0) is 0 Å². The molecule has 6 heteroatoms. The van der Waals surface area contributed by atoms with Gasteiger partial charge in [-0.3, -0.25) is 0 Å². The Morgan fingerprint density at radius 3 is 2.58 bits per heavy atom. The van der Waals surface area contributed by atoms with E-state index in [1.807, 2.05) is 36.4 Å². The van der Waals surface area contributed by atoms with Gasteiger partial charge in [-0.2, -0.15) is 10.4 Å². The summed E-state index contributed by atoms with van der Waals surface area (Å²) >= 11 is 12.5. The summed E-state index contributed by atoms with van der Waals surface area (Å²) in [6.45, 7) is 0. The molecule has 19 heavy (non-hydrogen) atoms. The van der Waals surface area contributed by atoms with E-state index >= 15 is 0 Å². The molecule has 0 N–H and O–H groups in total. The summed E-state index contributed by atoms with van der Waals surface area (Å²) in [5, 5.41) is 13.6. The lowest BCUT2D eigenvalue weighted by Crippen LogP contribution is -1.97. The molecule has 2 heterocycles. The highest BCUT2D eigenvalue weighted by atomic mass is 35.5. The molecule has 2 aromatic heterocycles. The third-order valence-electron chi connectivity index (χ3n) is 2.73. The number of aromatic nitrogens is 3. The highest BCUT2D eigenvalue weighted by Crippen LogP contribution is 2.34. The molecule has 0 bridgehead atoms. The van der Waals surface area contributed by atoms with Crippen molar-refractivity contribution in [2.75, 3.05) is 0 Å². The highest BCUT2D eigenvalue weighted by Gasteiger charge is 2.17. The molecule has 0 saturated carbocycles. The molecule has 0 aliphatic heterocycles. The third-order valence-corrected chi connectivity index (χ3v) is 3.35. The molecule has 92 valence electrons. The van der Waals surface area contributed by atoms with Crippen molar-refractivity contribution >= 4 is 28.8 Å². The SMILES string of the molecule is N#Cc1cnn2c(Cl)c(-c3ccccc3)c(Cl)nc12. The van der Waals surface area contributed by atoms with E-state index in [1.54, 1.807) is 0 Å². The maximum Gasteiger partial charge on any atom is 0.176 e. The molecule has 0 saturated heterocycles. The Balaban J connectivity index is 2.37. The lowest BCUT2D eigenvalue weighted by Gasteiger charge is -2.08. The van der Waals surface area contributed by atoms with Crippen molar-refractivity contribution < 1.29 is 0 Å². The lowest BCUT2D eigenvalue weighted by molar-refractivity contribution is 0.942. The molecule has 0 fully saturated rings. The third kappa shape index (κ3) is 1.84. The maximum atomic E-state index is 8.96. The highest BCUT2D eigenvalue weighted by molar-refractivity contribution is 6.38. The fourth-order valence-corrected chi connectivity index (χ4v) is 2.50. The van der Waals surface area contributed by atoms with Gasteiger partial charge in [-0.1, -0.05) is 53.5 Å². The normalized spacial score (nSPS) is 10.6. The zero-order valence-corrected chi connectivity index (χ0v) is 11.0. The number of nitrogens with zero attached hydrogens (tertiary/aromatic N) is 4. The van der Waals surface area contributed by atoms with Gasteiger partial charge < -0.3 is 0 Å². The first-order valence-corrected chi connectivity index (χ1v) is 6.16. The van der Waals surface area contributed by atoms with Gasteiger partial charge in [-0.25, -0.2) is 9.50 Å². The number of hydrogen-bond donors (Lipinski definition) is 0. The Morgan fingerprint density at radius 2 is 1.89 bits per heavy atom. The summed E-state index contributed by atoms with van der Waals surface area (Å²) in [6.07, 6.45) is 1.42. The monoisotopic (exact) mass is 288 g/mol. The summed E-state index contributed by atoms with van der Waals surface area (Å²) < 4.78 is 1.41. The number of hydrogen-bond acceptors (Lipinski definition) is 3. The Kier molecular flexibility index (Phi) is 2.86. The van der Waals surface area contributed by atoms with Crippen LogP contribution >= 0.6 is 23.2 Å². The van der Waals surface area contributed by atoms with Crippen molar-refractivity contribution in [1.29, 1.82) is 5.26 Å². The Bertz CT molecular complexity index is 803. The zero-order valence-electron chi connectivity index (χ0n) is 9.51. The zero-order chi connectivity index (χ0) is 13.4. The van der Waals surface area contributed by atoms with Gasteiger partial charge in [-0.05, 0) is 5.56 Å². The van der Waals surface area contributed by atoms with Crippen LogP contribution in [0.15, 0.2) is 36.5 Å². The average molecular weight is 289 g/mol. The van der Waals surface area contributed by atoms with E-state index in [1.165, 1.54) is 10.7 Å². The number of nitriles is 1. The fourth-order valence-electron chi connectivity index (χ4n) is 1.86. The van der Waals surface area contributed by atoms with E-state index in [0.29, 0.717) is 21.9 Å². The molecular formula is C13H6Cl2N4. The number of fused-ring (bicyclic) bond motifs is 1. The van der Waals surface area contributed by atoms with Crippen LogP contribution in [0.5, 0.6) is 0 Å². The first kappa shape index (κ1) is 12.0. The van der Waals surface area contributed by atoms with Gasteiger partial charge in [-0.15, -0.1) is 0 Å². The Hall–Kier alpha value is -2.09. The van der Waals surface area contributed by atoms with Crippen LogP contribution in [0.25, 0.3) is 16.8 Å². The Morgan fingerprint density at radius 1 is 1.16 bits per heavy atom. The van der Waals surface area contributed by atoms with E-state index in [-0.39, 0.29) is 5.15 Å². The predicted octanol–water partition coefficient (Wildman–Crippen LogP) is 3.57. The summed E-state index contributed by atoms with van der Waals surface area (Å²) in [5.74, 6) is 0. The first-order valence-electron chi connectivity index (χ1n) is 5.40. The molecule has 0 radical (unpaired) electrons. The summed E-state index contributed by atoms with van der Waals surface area (Å²) in [4.78, 5) is 4.20. The van der Waals surface area contributed by atoms with Crippen LogP contribution in [0, 0.1) is 11.3 Å². The van der Waals surface area contributed by atoms with Crippen LogP contribution in [-0.4, -0.2) is 14.6 Å². The molecule has 0 spiro atoms. The minimum atomic E-state index is 0.251. The Labute approximate surface area is 118 Å². The number of rotatable bonds is 1. The largest absolute Gasteiger partial charge is 0.215 e. The van der Waals surface area contributed by atoms with E-state index in [4.69, 9.17) is 28.5 Å². The molecule has 4 nitrogen and oxygen atoms in total. The number of benzene rings is 1. The molecule has 0 atom stereocenters. The van der Waals surface area contributed by atoms with E-state index in [9.17, 15) is 0 Å². The van der Waals surface area contributed by atoms with Crippen LogP contribution in [0.3, 0.4) is 0 Å². The predicted molar refractivity (Wildman–Crippen MR) is 73.2 cm³/mol. The maximum absolute atomic E-state index is 8.96. The van der Waals surface area contributed by atoms with Crippen molar-refractivity contribution in [3.63, 3.8) is 0 Å². The quantitative estimate of drug-likeness (QED) is 0.643. The summed E-state index contributed by atoms with van der Waals surface area (Å²) in [7, 11) is 0. The minimum Gasteiger partial charge on any atom is -0.215 e. The second-order valence-electron chi connectivity index (χ2n) is 3.84. The smallest absolute Gasteiger partial charge is 0.176 e. The molecule has 0 aliphatic rings. The van der Waals surface area contributed by atoms with Crippen LogP contribution in [0.1, 0.15) is 5.56 Å². The lowest BCUT2D eigenvalue weighted by atomic mass is 10.1. The topological polar surface area (TPSA) is 54.0 Å². The second-order valence-corrected chi connectivity index (χ2v) is 4.56. The summed E-state index contributed by atoms with van der Waals surface area (Å²) in [6, 6.07) is 11.4. The van der Waals surface area contributed by atoms with Gasteiger partial charge in [0.25, 0.3) is 0 Å². The van der Waals surface area contributed by atoms with Gasteiger partial charge in [0.15, 0.2) is 5.65 Å². The van der Waals surface area contributed by atoms with Crippen molar-refractivity contribution in [3.8, 4) is 17.2 Å². The van der Waals surface area contributed by atoms with Crippen molar-refractivity contribution in [3.05, 3.63) is 52.4 Å². The molecule has 3 rings (SSSR count). The average Bonchev–Trinajstić information content (AvgIpc) is 2.83. The van der Waals surface area contributed by atoms with Gasteiger partial charge in [0, 0.05) is 0 Å². The fraction of sp³-hybridized carbons (Fsp3) is 0. The van der Waals surface area contributed by atoms with Crippen LogP contribution in [0.4, 0.5) is 0 Å². The van der Waals surface area contributed by atoms with E-state index in [0.717, 1.165) is 5.56 Å². The molecule has 0 unspecified atom stereocenters. The van der Waals surface area contributed by atoms with Crippen LogP contribution in [0.2, 0.25) is 10.3 Å². The molecule has 1 aromatic carbocycles. The van der Waals surface area contributed by atoms with Crippen LogP contribution < -0.4 is 0 Å². The van der Waals surface area contributed by atoms with E-state index < -0.39 is 0 Å². The molecule has 0 amide bonds. The van der Waals surface area contributed by atoms with Gasteiger partial charge in [0.1, 0.15) is 21.9 Å². The first-order chi connectivity index (χ1) is 9.22. The van der Waals surface area contributed by atoms with Crippen molar-refractivity contribution in [1.82, 2.24) is 14.6 Å². The van der Waals surface area contributed by atoms with Gasteiger partial charge in [0.2, 0.25) is 0 Å². The minimum absolute atomic E-state index is 0.251. The molecule has 0 aliphatic carbocycles. The molecule has 3 aromatic rings. The van der Waals surface area contributed by atoms with Crippen molar-refractivity contribution in [2.45, 2.75) is 0 Å². The molecular weight excluding hydrogens is 283 g/mol. The number of halogens is 2. The van der Waals surface area contributed by atoms with Crippen molar-refractivity contribution in [2.24, 2.45) is 0 Å². The van der Waals surface area contributed by atoms with E-state index in [2.05, 4.69) is 10.1 Å². The summed E-state index contributed by atoms with van der Waals surface area (Å²) in [5.41, 5.74) is 2.14. The van der Waals surface area contributed by atoms with Gasteiger partial charge in [0.05, 0.1) is 11.8 Å². The standard InChI is InChI=1S/C13H6Cl2N4/c14-11-10(8-4-2-1-3-5-8)12(15)19-13(18-11)9(6-16)7-17-19/h1-5,7H. The van der Waals surface area contributed by atoms with Gasteiger partial charge >= 0.3 is 0 Å².